The van der Waals surface area contributed by atoms with Crippen molar-refractivity contribution in [2.24, 2.45) is 0 Å². The summed E-state index contributed by atoms with van der Waals surface area (Å²) in [5.74, 6) is -0.541. The van der Waals surface area contributed by atoms with E-state index in [2.05, 4.69) is 9.36 Å². The number of hydrogen-bond donors (Lipinski definition) is 1. The summed E-state index contributed by atoms with van der Waals surface area (Å²) in [5, 5.41) is 8.72. The minimum absolute atomic E-state index is 0.0481. The number of aryl methyl sites for hydroxylation is 1. The molecule has 1 aromatic heterocycles. The Balaban J connectivity index is 2.08. The van der Waals surface area contributed by atoms with Crippen molar-refractivity contribution in [1.82, 2.24) is 9.36 Å². The van der Waals surface area contributed by atoms with Gasteiger partial charge in [-0.15, -0.1) is 0 Å². The molecular formula is C11H9FN2O2S2. The standard InChI is InChI=1S/C11H9FN2O2S2/c1-6-13-11(18-14-6)17-5-8-3-2-7(10(15)16)4-9(8)12/h2-4H,5H2,1H3,(H,15,16). The first-order valence-corrected chi connectivity index (χ1v) is 6.77. The van der Waals surface area contributed by atoms with Crippen molar-refractivity contribution in [3.05, 3.63) is 41.0 Å². The lowest BCUT2D eigenvalue weighted by Gasteiger charge is -2.02. The fraction of sp³-hybridized carbons (Fsp3) is 0.182. The smallest absolute Gasteiger partial charge is 0.335 e. The van der Waals surface area contributed by atoms with Crippen molar-refractivity contribution in [2.45, 2.75) is 17.0 Å². The molecule has 7 heteroatoms. The second-order valence-corrected chi connectivity index (χ2v) is 5.48. The van der Waals surface area contributed by atoms with Crippen molar-refractivity contribution >= 4 is 29.3 Å². The number of carbonyl (C=O) groups is 1. The molecule has 94 valence electrons. The maximum atomic E-state index is 13.6. The molecule has 0 saturated carbocycles. The zero-order valence-corrected chi connectivity index (χ0v) is 11.0. The van der Waals surface area contributed by atoms with Crippen LogP contribution < -0.4 is 0 Å². The van der Waals surface area contributed by atoms with Gasteiger partial charge in [0.2, 0.25) is 0 Å². The number of aromatic carboxylic acids is 1. The zero-order valence-electron chi connectivity index (χ0n) is 9.38. The lowest BCUT2D eigenvalue weighted by Crippen LogP contribution is -1.98. The summed E-state index contributed by atoms with van der Waals surface area (Å²) in [6.07, 6.45) is 0. The average molecular weight is 284 g/mol. The average Bonchev–Trinajstić information content (AvgIpc) is 2.73. The van der Waals surface area contributed by atoms with Gasteiger partial charge in [0.1, 0.15) is 11.6 Å². The van der Waals surface area contributed by atoms with E-state index in [0.29, 0.717) is 17.1 Å². The topological polar surface area (TPSA) is 63.1 Å². The third-order valence-electron chi connectivity index (χ3n) is 2.16. The largest absolute Gasteiger partial charge is 0.478 e. The number of thioether (sulfide) groups is 1. The zero-order chi connectivity index (χ0) is 13.1. The highest BCUT2D eigenvalue weighted by molar-refractivity contribution is 8.00. The molecule has 0 spiro atoms. The highest BCUT2D eigenvalue weighted by Gasteiger charge is 2.09. The van der Waals surface area contributed by atoms with E-state index < -0.39 is 11.8 Å². The Hall–Kier alpha value is -1.47. The number of aromatic nitrogens is 2. The van der Waals surface area contributed by atoms with Crippen LogP contribution in [0.4, 0.5) is 4.39 Å². The van der Waals surface area contributed by atoms with E-state index in [1.54, 1.807) is 6.92 Å². The van der Waals surface area contributed by atoms with E-state index in [1.165, 1.54) is 35.4 Å². The molecule has 0 aliphatic carbocycles. The molecule has 1 N–H and O–H groups in total. The predicted molar refractivity (Wildman–Crippen MR) is 67.6 cm³/mol. The van der Waals surface area contributed by atoms with Crippen LogP contribution in [0.3, 0.4) is 0 Å². The molecule has 0 unspecified atom stereocenters. The number of halogens is 1. The van der Waals surface area contributed by atoms with Crippen molar-refractivity contribution in [1.29, 1.82) is 0 Å². The third kappa shape index (κ3) is 3.05. The van der Waals surface area contributed by atoms with E-state index in [4.69, 9.17) is 5.11 Å². The second kappa shape index (κ2) is 5.45. The lowest BCUT2D eigenvalue weighted by atomic mass is 10.1. The highest BCUT2D eigenvalue weighted by atomic mass is 32.2. The summed E-state index contributed by atoms with van der Waals surface area (Å²) in [7, 11) is 0. The first-order chi connectivity index (χ1) is 8.56. The van der Waals surface area contributed by atoms with E-state index in [-0.39, 0.29) is 5.56 Å². The van der Waals surface area contributed by atoms with Crippen LogP contribution >= 0.6 is 23.3 Å². The molecule has 0 aliphatic heterocycles. The summed E-state index contributed by atoms with van der Waals surface area (Å²) in [5.41, 5.74) is 0.408. The molecule has 0 amide bonds. The van der Waals surface area contributed by atoms with Crippen molar-refractivity contribution < 1.29 is 14.3 Å². The van der Waals surface area contributed by atoms with E-state index >= 15 is 0 Å². The minimum atomic E-state index is -1.13. The third-order valence-corrected chi connectivity index (χ3v) is 4.13. The number of hydrogen-bond acceptors (Lipinski definition) is 5. The van der Waals surface area contributed by atoms with Gasteiger partial charge in [0.05, 0.1) is 5.56 Å². The van der Waals surface area contributed by atoms with Crippen LogP contribution in [0, 0.1) is 12.7 Å². The van der Waals surface area contributed by atoms with Gasteiger partial charge in [-0.25, -0.2) is 14.2 Å². The summed E-state index contributed by atoms with van der Waals surface area (Å²) in [6.45, 7) is 1.79. The van der Waals surface area contributed by atoms with Crippen molar-refractivity contribution in [3.63, 3.8) is 0 Å². The fourth-order valence-corrected chi connectivity index (χ4v) is 2.91. The molecule has 0 saturated heterocycles. The Morgan fingerprint density at radius 1 is 1.56 bits per heavy atom. The quantitative estimate of drug-likeness (QED) is 0.874. The molecule has 18 heavy (non-hydrogen) atoms. The van der Waals surface area contributed by atoms with Crippen molar-refractivity contribution in [3.8, 4) is 0 Å². The first kappa shape index (κ1) is 13.0. The van der Waals surface area contributed by atoms with Crippen LogP contribution in [0.5, 0.6) is 0 Å². The van der Waals surface area contributed by atoms with Gasteiger partial charge in [0.15, 0.2) is 4.34 Å². The Labute approximate surface area is 111 Å². The molecule has 0 bridgehead atoms. The van der Waals surface area contributed by atoms with Crippen LogP contribution in [0.25, 0.3) is 0 Å². The summed E-state index contributed by atoms with van der Waals surface area (Å²) >= 11 is 2.65. The summed E-state index contributed by atoms with van der Waals surface area (Å²) in [6, 6.07) is 3.91. The van der Waals surface area contributed by atoms with Gasteiger partial charge in [0.25, 0.3) is 0 Å². The van der Waals surface area contributed by atoms with E-state index in [0.717, 1.165) is 10.4 Å². The number of rotatable bonds is 4. The molecule has 0 fully saturated rings. The van der Waals surface area contributed by atoms with Gasteiger partial charge in [0, 0.05) is 5.75 Å². The number of carboxylic acids is 1. The van der Waals surface area contributed by atoms with Crippen LogP contribution in [0.1, 0.15) is 21.7 Å². The highest BCUT2D eigenvalue weighted by Crippen LogP contribution is 2.25. The molecule has 0 aliphatic rings. The summed E-state index contributed by atoms with van der Waals surface area (Å²) < 4.78 is 18.4. The maximum Gasteiger partial charge on any atom is 0.335 e. The molecule has 1 heterocycles. The van der Waals surface area contributed by atoms with Crippen LogP contribution in [0.2, 0.25) is 0 Å². The molecule has 4 nitrogen and oxygen atoms in total. The van der Waals surface area contributed by atoms with Crippen LogP contribution in [0.15, 0.2) is 22.5 Å². The minimum Gasteiger partial charge on any atom is -0.478 e. The SMILES string of the molecule is Cc1nsc(SCc2ccc(C(=O)O)cc2F)n1. The van der Waals surface area contributed by atoms with Gasteiger partial charge >= 0.3 is 5.97 Å². The Morgan fingerprint density at radius 3 is 2.89 bits per heavy atom. The molecular weight excluding hydrogens is 275 g/mol. The van der Waals surface area contributed by atoms with Crippen LogP contribution in [-0.2, 0) is 5.75 Å². The van der Waals surface area contributed by atoms with Gasteiger partial charge in [-0.2, -0.15) is 4.37 Å². The fourth-order valence-electron chi connectivity index (χ4n) is 1.27. The number of nitrogens with zero attached hydrogens (tertiary/aromatic N) is 2. The second-order valence-electron chi connectivity index (χ2n) is 3.51. The normalized spacial score (nSPS) is 10.6. The Bertz CT molecular complexity index is 586. The Kier molecular flexibility index (Phi) is 3.93. The predicted octanol–water partition coefficient (Wildman–Crippen LogP) is 2.98. The maximum absolute atomic E-state index is 13.6. The van der Waals surface area contributed by atoms with E-state index in [1.807, 2.05) is 0 Å². The Morgan fingerprint density at radius 2 is 2.33 bits per heavy atom. The number of benzene rings is 1. The van der Waals surface area contributed by atoms with Gasteiger partial charge in [-0.3, -0.25) is 0 Å². The summed E-state index contributed by atoms with van der Waals surface area (Å²) in [4.78, 5) is 14.8. The first-order valence-electron chi connectivity index (χ1n) is 5.01. The molecule has 2 rings (SSSR count). The van der Waals surface area contributed by atoms with Gasteiger partial charge in [-0.05, 0) is 36.2 Å². The molecule has 2 aromatic rings. The van der Waals surface area contributed by atoms with E-state index in [9.17, 15) is 9.18 Å². The van der Waals surface area contributed by atoms with Gasteiger partial charge < -0.3 is 5.11 Å². The molecule has 0 radical (unpaired) electrons. The monoisotopic (exact) mass is 284 g/mol. The molecule has 0 atom stereocenters. The lowest BCUT2D eigenvalue weighted by molar-refractivity contribution is 0.0696. The van der Waals surface area contributed by atoms with Crippen molar-refractivity contribution in [2.75, 3.05) is 0 Å². The molecule has 1 aromatic carbocycles. The van der Waals surface area contributed by atoms with Gasteiger partial charge in [-0.1, -0.05) is 17.8 Å². The van der Waals surface area contributed by atoms with Crippen LogP contribution in [-0.4, -0.2) is 20.4 Å². The number of carboxylic acid groups (broad SMARTS) is 1.